The molecule has 0 saturated heterocycles. The Kier molecular flexibility index (Phi) is 6.17. The minimum atomic E-state index is -8.77. The maximum atomic E-state index is 13.8. The van der Waals surface area contributed by atoms with E-state index in [0.717, 1.165) is 0 Å². The van der Waals surface area contributed by atoms with Gasteiger partial charge in [-0.3, -0.25) is 9.59 Å². The zero-order valence-electron chi connectivity index (χ0n) is 12.8. The van der Waals surface area contributed by atoms with Gasteiger partial charge in [0, 0.05) is 0 Å². The maximum Gasteiger partial charge on any atom is 0.460 e. The van der Waals surface area contributed by atoms with E-state index in [9.17, 15) is 79.8 Å². The van der Waals surface area contributed by atoms with Gasteiger partial charge in [-0.1, -0.05) is 0 Å². The van der Waals surface area contributed by atoms with Gasteiger partial charge in [0.15, 0.2) is 0 Å². The van der Waals surface area contributed by atoms with Crippen LogP contribution in [0.3, 0.4) is 0 Å². The van der Waals surface area contributed by atoms with Crippen LogP contribution in [0.5, 0.6) is 0 Å². The predicted octanol–water partition coefficient (Wildman–Crippen LogP) is 4.44. The highest BCUT2D eigenvalue weighted by molar-refractivity contribution is 6.01. The van der Waals surface area contributed by atoms with Crippen molar-refractivity contribution in [2.75, 3.05) is 0 Å². The van der Waals surface area contributed by atoms with Crippen molar-refractivity contribution in [2.24, 2.45) is 5.41 Å². The van der Waals surface area contributed by atoms with E-state index in [1.165, 1.54) is 0 Å². The number of alkyl halides is 16. The molecule has 2 N–H and O–H groups in total. The van der Waals surface area contributed by atoms with E-state index in [0.29, 0.717) is 0 Å². The summed E-state index contributed by atoms with van der Waals surface area (Å²) in [5.41, 5.74) is -7.73. The van der Waals surface area contributed by atoms with Crippen LogP contribution >= 0.6 is 0 Å². The smallest absolute Gasteiger partial charge is 0.460 e. The number of aliphatic carboxylic acids is 2. The lowest BCUT2D eigenvalue weighted by Gasteiger charge is -2.44. The topological polar surface area (TPSA) is 74.6 Å². The van der Waals surface area contributed by atoms with Crippen molar-refractivity contribution in [1.82, 2.24) is 0 Å². The monoisotopic (exact) mass is 490 g/mol. The van der Waals surface area contributed by atoms with Crippen molar-refractivity contribution in [2.45, 2.75) is 42.0 Å². The van der Waals surface area contributed by atoms with Gasteiger partial charge in [0.1, 0.15) is 0 Å². The number of rotatable bonds is 7. The van der Waals surface area contributed by atoms with Crippen LogP contribution in [0.1, 0.15) is 0 Å². The van der Waals surface area contributed by atoms with Crippen molar-refractivity contribution in [1.29, 1.82) is 0 Å². The first-order valence-corrected chi connectivity index (χ1v) is 6.13. The largest absolute Gasteiger partial charge is 0.480 e. The second-order valence-electron chi connectivity index (χ2n) is 5.23. The van der Waals surface area contributed by atoms with Crippen LogP contribution in [-0.4, -0.2) is 64.1 Å². The van der Waals surface area contributed by atoms with Crippen molar-refractivity contribution < 1.29 is 90.0 Å². The fourth-order valence-corrected chi connectivity index (χ4v) is 1.85. The second-order valence-corrected chi connectivity index (χ2v) is 5.23. The average Bonchev–Trinajstić information content (AvgIpc) is 2.42. The molecule has 0 spiro atoms. The normalized spacial score (nSPS) is 15.9. The fraction of sp³-hybridized carbons (Fsp3) is 0.800. The molecule has 20 heteroatoms. The van der Waals surface area contributed by atoms with Crippen molar-refractivity contribution >= 4 is 11.9 Å². The Hall–Kier alpha value is -2.18. The molecule has 0 saturated carbocycles. The molecule has 0 heterocycles. The minimum absolute atomic E-state index is 4.83. The first-order chi connectivity index (χ1) is 12.6. The third-order valence-corrected chi connectivity index (χ3v) is 3.48. The molecule has 0 aliphatic heterocycles. The van der Waals surface area contributed by atoms with Gasteiger partial charge in [-0.05, 0) is 0 Å². The molecule has 178 valence electrons. The molecule has 30 heavy (non-hydrogen) atoms. The molecule has 0 atom stereocenters. The molecule has 0 radical (unpaired) electrons. The zero-order chi connectivity index (χ0) is 25.2. The SMILES string of the molecule is O=C(O)C(C(=O)O)(C(F)(F)C(F)(F)F)C(F)(F)C(F)(F)C(F)(F)C(F)(F)C(F)(F)F. The molecular weight excluding hydrogens is 488 g/mol. The van der Waals surface area contributed by atoms with E-state index in [1.54, 1.807) is 0 Å². The van der Waals surface area contributed by atoms with Crippen molar-refractivity contribution in [3.63, 3.8) is 0 Å². The summed E-state index contributed by atoms with van der Waals surface area (Å²) in [4.78, 5) is 21.2. The first-order valence-electron chi connectivity index (χ1n) is 6.13. The Morgan fingerprint density at radius 1 is 0.400 bits per heavy atom. The number of hydrogen-bond acceptors (Lipinski definition) is 2. The number of carboxylic acids is 2. The van der Waals surface area contributed by atoms with Crippen LogP contribution in [-0.2, 0) is 9.59 Å². The highest BCUT2D eigenvalue weighted by Crippen LogP contribution is 2.65. The molecule has 0 bridgehead atoms. The predicted molar refractivity (Wildman–Crippen MR) is 54.5 cm³/mol. The molecule has 0 unspecified atom stereocenters. The van der Waals surface area contributed by atoms with Crippen LogP contribution in [0, 0.1) is 5.41 Å². The lowest BCUT2D eigenvalue weighted by Crippen LogP contribution is -2.77. The van der Waals surface area contributed by atoms with E-state index in [2.05, 4.69) is 0 Å². The van der Waals surface area contributed by atoms with Crippen molar-refractivity contribution in [3.05, 3.63) is 0 Å². The summed E-state index contributed by atoms with van der Waals surface area (Å²) in [5, 5.41) is 16.4. The van der Waals surface area contributed by atoms with Gasteiger partial charge in [-0.25, -0.2) is 0 Å². The summed E-state index contributed by atoms with van der Waals surface area (Å²) >= 11 is 0. The van der Waals surface area contributed by atoms with Gasteiger partial charge in [0.05, 0.1) is 0 Å². The molecular formula is C10H2F16O4. The average molecular weight is 490 g/mol. The van der Waals surface area contributed by atoms with E-state index >= 15 is 0 Å². The molecule has 0 aromatic rings. The molecule has 0 aliphatic rings. The molecule has 0 aliphatic carbocycles. The Balaban J connectivity index is 7.50. The van der Waals surface area contributed by atoms with Gasteiger partial charge in [-0.2, -0.15) is 70.2 Å². The van der Waals surface area contributed by atoms with E-state index in [4.69, 9.17) is 10.2 Å². The summed E-state index contributed by atoms with van der Waals surface area (Å²) in [5.74, 6) is -52.1. The first kappa shape index (κ1) is 27.8. The van der Waals surface area contributed by atoms with Crippen LogP contribution in [0.15, 0.2) is 0 Å². The summed E-state index contributed by atoms with van der Waals surface area (Å²) in [6.07, 6.45) is -15.7. The number of halogens is 16. The van der Waals surface area contributed by atoms with E-state index in [1.807, 2.05) is 0 Å². The number of hydrogen-bond donors (Lipinski definition) is 2. The van der Waals surface area contributed by atoms with Gasteiger partial charge < -0.3 is 10.2 Å². The van der Waals surface area contributed by atoms with Crippen LogP contribution in [0.2, 0.25) is 0 Å². The minimum Gasteiger partial charge on any atom is -0.480 e. The highest BCUT2D eigenvalue weighted by Gasteiger charge is 2.97. The maximum absolute atomic E-state index is 13.8. The Labute approximate surface area is 151 Å². The van der Waals surface area contributed by atoms with Crippen LogP contribution in [0.25, 0.3) is 0 Å². The van der Waals surface area contributed by atoms with Crippen molar-refractivity contribution in [3.8, 4) is 0 Å². The highest BCUT2D eigenvalue weighted by atomic mass is 19.4. The Bertz CT molecular complexity index is 688. The molecule has 0 fully saturated rings. The molecule has 0 aromatic carbocycles. The lowest BCUT2D eigenvalue weighted by atomic mass is 9.70. The Morgan fingerprint density at radius 2 is 0.633 bits per heavy atom. The summed E-state index contributed by atoms with van der Waals surface area (Å²) < 4.78 is 205. The third kappa shape index (κ3) is 3.00. The standard InChI is InChI=1S/C10H2F16O4/c11-4(12,6(15,16)7(17,18)8(19,20)10(24,25)26)3(1(27)28,2(29)30)5(13,14)9(21,22)23/h(H,27,28)(H,29,30). The van der Waals surface area contributed by atoms with Crippen LogP contribution in [0.4, 0.5) is 70.2 Å². The lowest BCUT2D eigenvalue weighted by molar-refractivity contribution is -0.444. The zero-order valence-corrected chi connectivity index (χ0v) is 12.8. The quantitative estimate of drug-likeness (QED) is 0.409. The van der Waals surface area contributed by atoms with Crippen LogP contribution < -0.4 is 0 Å². The molecule has 0 aromatic heterocycles. The van der Waals surface area contributed by atoms with Gasteiger partial charge in [0.25, 0.3) is 0 Å². The third-order valence-electron chi connectivity index (χ3n) is 3.48. The summed E-state index contributed by atoms with van der Waals surface area (Å²) in [6, 6.07) is 0. The van der Waals surface area contributed by atoms with Gasteiger partial charge in [-0.15, -0.1) is 0 Å². The number of carboxylic acid groups (broad SMARTS) is 2. The van der Waals surface area contributed by atoms with Gasteiger partial charge in [0.2, 0.25) is 0 Å². The second kappa shape index (κ2) is 6.66. The summed E-state index contributed by atoms with van der Waals surface area (Å²) in [6.45, 7) is 0. The van der Waals surface area contributed by atoms with E-state index in [-0.39, 0.29) is 0 Å². The van der Waals surface area contributed by atoms with E-state index < -0.39 is 59.3 Å². The Morgan fingerprint density at radius 3 is 0.833 bits per heavy atom. The molecule has 4 nitrogen and oxygen atoms in total. The fourth-order valence-electron chi connectivity index (χ4n) is 1.85. The molecule has 0 amide bonds. The summed E-state index contributed by atoms with van der Waals surface area (Å²) in [7, 11) is 0. The molecule has 0 rings (SSSR count). The number of carbonyl (C=O) groups is 2. The van der Waals surface area contributed by atoms with Gasteiger partial charge >= 0.3 is 59.3 Å².